The molecule has 56 valence electrons. The third-order valence-electron chi connectivity index (χ3n) is 1.48. The highest BCUT2D eigenvalue weighted by molar-refractivity contribution is 7.13. The van der Waals surface area contributed by atoms with E-state index in [0.717, 1.165) is 11.3 Å². The van der Waals surface area contributed by atoms with Gasteiger partial charge in [0.25, 0.3) is 0 Å². The Kier molecular flexibility index (Phi) is 1.43. The number of aromatic nitrogens is 1. The van der Waals surface area contributed by atoms with Crippen LogP contribution in [0.15, 0.2) is 29.6 Å². The minimum atomic E-state index is 0.626. The topological polar surface area (TPSA) is 38.9 Å². The molecule has 2 rings (SSSR count). The first-order chi connectivity index (χ1) is 5.36. The molecule has 0 aliphatic rings. The average Bonchev–Trinajstić information content (AvgIpc) is 2.55. The molecule has 0 saturated carbocycles. The highest BCUT2D eigenvalue weighted by Gasteiger charge is 1.93. The lowest BCUT2D eigenvalue weighted by Crippen LogP contribution is -1.81. The molecule has 0 amide bonds. The molecule has 0 atom stereocenters. The van der Waals surface area contributed by atoms with E-state index in [9.17, 15) is 0 Å². The molecule has 2 nitrogen and oxygen atoms in total. The molecule has 1 aromatic heterocycles. The van der Waals surface area contributed by atoms with Crippen LogP contribution in [-0.4, -0.2) is 4.98 Å². The molecule has 0 saturated heterocycles. The Labute approximate surface area is 68.7 Å². The molecule has 0 fully saturated rings. The summed E-state index contributed by atoms with van der Waals surface area (Å²) in [5, 5.41) is 2.59. The normalized spacial score (nSPS) is 10.2. The summed E-state index contributed by atoms with van der Waals surface area (Å²) >= 11 is 1.47. The molecule has 0 bridgehead atoms. The zero-order valence-electron chi connectivity index (χ0n) is 5.82. The smallest absolute Gasteiger partial charge is 0.169 e. The third kappa shape index (κ3) is 1.14. The molecule has 2 N–H and O–H groups in total. The Hall–Kier alpha value is -1.22. The van der Waals surface area contributed by atoms with Crippen molar-refractivity contribution in [3.63, 3.8) is 0 Å². The summed E-state index contributed by atoms with van der Waals surface area (Å²) in [7, 11) is 0. The van der Waals surface area contributed by atoms with E-state index in [1.807, 2.05) is 29.6 Å². The molecule has 0 aliphatic carbocycles. The maximum atomic E-state index is 5.49. The van der Waals surface area contributed by atoms with Crippen LogP contribution in [0.2, 0.25) is 0 Å². The van der Waals surface area contributed by atoms with Crippen LogP contribution in [0, 0.1) is 0 Å². The van der Waals surface area contributed by atoms with Gasteiger partial charge in [-0.2, -0.15) is 23.5 Å². The lowest BCUT2D eigenvalue weighted by molar-refractivity contribution is 1.42. The second-order valence-corrected chi connectivity index (χ2v) is 3.13. The molecule has 0 aliphatic heterocycles. The minimum Gasteiger partial charge on any atom is -0.376 e. The van der Waals surface area contributed by atoms with E-state index >= 15 is 0 Å². The van der Waals surface area contributed by atoms with Gasteiger partial charge < -0.3 is 5.73 Å². The SMILES string of the molecule is Nc1nc(-[c-]2cccc2)cs1. The van der Waals surface area contributed by atoms with Gasteiger partial charge in [-0.3, -0.25) is 0 Å². The molecular weight excluding hydrogens is 156 g/mol. The number of nitrogens with two attached hydrogens (primary N) is 1. The number of thiazole rings is 1. The fraction of sp³-hybridized carbons (Fsp3) is 0. The quantitative estimate of drug-likeness (QED) is 0.654. The van der Waals surface area contributed by atoms with Crippen molar-refractivity contribution in [2.24, 2.45) is 0 Å². The van der Waals surface area contributed by atoms with E-state index < -0.39 is 0 Å². The van der Waals surface area contributed by atoms with Crippen LogP contribution >= 0.6 is 11.3 Å². The van der Waals surface area contributed by atoms with Gasteiger partial charge in [0.05, 0.1) is 0 Å². The van der Waals surface area contributed by atoms with Crippen LogP contribution in [-0.2, 0) is 0 Å². The van der Waals surface area contributed by atoms with Crippen LogP contribution in [0.5, 0.6) is 0 Å². The van der Waals surface area contributed by atoms with Gasteiger partial charge in [0.1, 0.15) is 0 Å². The van der Waals surface area contributed by atoms with E-state index in [1.54, 1.807) is 0 Å². The van der Waals surface area contributed by atoms with Gasteiger partial charge in [-0.1, -0.05) is 10.9 Å². The Morgan fingerprint density at radius 3 is 2.64 bits per heavy atom. The summed E-state index contributed by atoms with van der Waals surface area (Å²) in [6.45, 7) is 0. The summed E-state index contributed by atoms with van der Waals surface area (Å²) in [4.78, 5) is 4.15. The average molecular weight is 163 g/mol. The predicted octanol–water partition coefficient (Wildman–Crippen LogP) is 2.11. The summed E-state index contributed by atoms with van der Waals surface area (Å²) in [5.74, 6) is 0. The number of anilines is 1. The van der Waals surface area contributed by atoms with Crippen molar-refractivity contribution < 1.29 is 0 Å². The van der Waals surface area contributed by atoms with Crippen LogP contribution < -0.4 is 5.73 Å². The zero-order valence-corrected chi connectivity index (χ0v) is 6.64. The Bertz CT molecular complexity index is 335. The highest BCUT2D eigenvalue weighted by atomic mass is 32.1. The molecular formula is C8H7N2S-. The summed E-state index contributed by atoms with van der Waals surface area (Å²) in [5.41, 5.74) is 7.60. The molecule has 1 heterocycles. The summed E-state index contributed by atoms with van der Waals surface area (Å²) in [6.07, 6.45) is 0. The van der Waals surface area contributed by atoms with Crippen LogP contribution in [0.1, 0.15) is 0 Å². The van der Waals surface area contributed by atoms with Crippen LogP contribution in [0.3, 0.4) is 0 Å². The highest BCUT2D eigenvalue weighted by Crippen LogP contribution is 2.22. The van der Waals surface area contributed by atoms with E-state index in [4.69, 9.17) is 5.73 Å². The number of hydrogen-bond donors (Lipinski definition) is 1. The Morgan fingerprint density at radius 2 is 2.09 bits per heavy atom. The molecule has 0 spiro atoms. The van der Waals surface area contributed by atoms with Gasteiger partial charge >= 0.3 is 0 Å². The van der Waals surface area contributed by atoms with Gasteiger partial charge in [-0.25, -0.2) is 4.98 Å². The maximum absolute atomic E-state index is 5.49. The minimum absolute atomic E-state index is 0.626. The molecule has 0 radical (unpaired) electrons. The van der Waals surface area contributed by atoms with Gasteiger partial charge in [0.2, 0.25) is 0 Å². The van der Waals surface area contributed by atoms with Crippen molar-refractivity contribution in [2.45, 2.75) is 0 Å². The van der Waals surface area contributed by atoms with E-state index in [0.29, 0.717) is 5.13 Å². The first-order valence-corrected chi connectivity index (χ1v) is 4.17. The van der Waals surface area contributed by atoms with E-state index in [2.05, 4.69) is 4.98 Å². The van der Waals surface area contributed by atoms with Crippen LogP contribution in [0.25, 0.3) is 11.3 Å². The van der Waals surface area contributed by atoms with Crippen LogP contribution in [0.4, 0.5) is 5.13 Å². The zero-order chi connectivity index (χ0) is 7.68. The number of nitrogens with zero attached hydrogens (tertiary/aromatic N) is 1. The fourth-order valence-electron chi connectivity index (χ4n) is 0.965. The summed E-state index contributed by atoms with van der Waals surface area (Å²) < 4.78 is 0. The van der Waals surface area contributed by atoms with Gasteiger partial charge in [0, 0.05) is 5.69 Å². The van der Waals surface area contributed by atoms with Crippen molar-refractivity contribution in [2.75, 3.05) is 5.73 Å². The Morgan fingerprint density at radius 1 is 1.36 bits per heavy atom. The first kappa shape index (κ1) is 6.49. The van der Waals surface area contributed by atoms with Gasteiger partial charge in [-0.05, 0) is 0 Å². The van der Waals surface area contributed by atoms with E-state index in [1.165, 1.54) is 11.3 Å². The lowest BCUT2D eigenvalue weighted by atomic mass is 10.3. The van der Waals surface area contributed by atoms with E-state index in [-0.39, 0.29) is 0 Å². The maximum Gasteiger partial charge on any atom is 0.169 e. The fourth-order valence-corrected chi connectivity index (χ4v) is 1.54. The third-order valence-corrected chi connectivity index (χ3v) is 2.15. The molecule has 11 heavy (non-hydrogen) atoms. The van der Waals surface area contributed by atoms with Gasteiger partial charge in [0.15, 0.2) is 5.13 Å². The monoisotopic (exact) mass is 163 g/mol. The number of nitrogen functional groups attached to an aromatic ring is 1. The first-order valence-electron chi connectivity index (χ1n) is 3.29. The molecule has 1 aromatic carbocycles. The Balaban J connectivity index is 2.45. The van der Waals surface area contributed by atoms with Crippen molar-refractivity contribution in [1.29, 1.82) is 0 Å². The second-order valence-electron chi connectivity index (χ2n) is 2.24. The van der Waals surface area contributed by atoms with Crippen molar-refractivity contribution in [1.82, 2.24) is 4.98 Å². The van der Waals surface area contributed by atoms with Crippen molar-refractivity contribution in [3.8, 4) is 11.3 Å². The second kappa shape index (κ2) is 2.43. The molecule has 3 heteroatoms. The predicted molar refractivity (Wildman–Crippen MR) is 47.6 cm³/mol. The largest absolute Gasteiger partial charge is 0.376 e. The van der Waals surface area contributed by atoms with Crippen molar-refractivity contribution >= 4 is 16.5 Å². The summed E-state index contributed by atoms with van der Waals surface area (Å²) in [6, 6.07) is 8.03. The number of rotatable bonds is 1. The molecule has 0 unspecified atom stereocenters. The molecule has 2 aromatic rings. The standard InChI is InChI=1S/C8H7N2S/c9-8-10-7(5-11-8)6-3-1-2-4-6/h1-5H,(H2,9,10)/q-1. The lowest BCUT2D eigenvalue weighted by Gasteiger charge is -1.93. The van der Waals surface area contributed by atoms with Gasteiger partial charge in [-0.15, -0.1) is 12.1 Å². The van der Waals surface area contributed by atoms with Crippen molar-refractivity contribution in [3.05, 3.63) is 29.6 Å². The number of hydrogen-bond acceptors (Lipinski definition) is 3.